The van der Waals surface area contributed by atoms with E-state index in [0.717, 1.165) is 45.1 Å². The van der Waals surface area contributed by atoms with Gasteiger partial charge in [-0.15, -0.1) is 0 Å². The molecule has 0 radical (unpaired) electrons. The Balaban J connectivity index is 1.44. The molecule has 2 rings (SSSR count). The molecule has 1 saturated heterocycles. The van der Waals surface area contributed by atoms with Crippen molar-refractivity contribution in [2.45, 2.75) is 83.2 Å². The Morgan fingerprint density at radius 2 is 1.68 bits per heavy atom. The Morgan fingerprint density at radius 3 is 2.40 bits per heavy atom. The van der Waals surface area contributed by atoms with Gasteiger partial charge in [0.25, 0.3) is 0 Å². The van der Waals surface area contributed by atoms with E-state index in [4.69, 9.17) is 0 Å². The van der Waals surface area contributed by atoms with Crippen LogP contribution in [-0.2, 0) is 0 Å². The minimum absolute atomic E-state index is 0.00740. The smallest absolute Gasteiger partial charge is 0.314 e. The van der Waals surface area contributed by atoms with Crippen LogP contribution in [0.1, 0.15) is 71.1 Å². The number of likely N-dealkylation sites (tertiary alicyclic amines) is 1. The van der Waals surface area contributed by atoms with E-state index in [2.05, 4.69) is 34.4 Å². The minimum Gasteiger partial charge on any atom is -0.338 e. The summed E-state index contributed by atoms with van der Waals surface area (Å²) in [5.74, 6) is 0. The quantitative estimate of drug-likeness (QED) is 0.627. The maximum absolute atomic E-state index is 11.9. The first-order chi connectivity index (χ1) is 12.2. The molecule has 2 aliphatic rings. The molecule has 1 aliphatic carbocycles. The van der Waals surface area contributed by atoms with Gasteiger partial charge in [-0.1, -0.05) is 25.7 Å². The number of piperidine rings is 1. The van der Waals surface area contributed by atoms with Gasteiger partial charge in [-0.25, -0.2) is 4.79 Å². The third kappa shape index (κ3) is 7.95. The molecule has 1 heterocycles. The zero-order chi connectivity index (χ0) is 17.9. The van der Waals surface area contributed by atoms with Crippen molar-refractivity contribution in [3.8, 4) is 0 Å². The summed E-state index contributed by atoms with van der Waals surface area (Å²) >= 11 is 0. The molecule has 146 valence electrons. The molecule has 0 bridgehead atoms. The molecule has 1 aliphatic heterocycles. The topological polar surface area (TPSA) is 47.6 Å². The number of carbonyl (C=O) groups is 1. The van der Waals surface area contributed by atoms with Crippen LogP contribution in [-0.4, -0.2) is 67.7 Å². The molecule has 2 N–H and O–H groups in total. The summed E-state index contributed by atoms with van der Waals surface area (Å²) in [4.78, 5) is 16.9. The van der Waals surface area contributed by atoms with E-state index < -0.39 is 0 Å². The van der Waals surface area contributed by atoms with Crippen LogP contribution in [0, 0.1) is 0 Å². The highest BCUT2D eigenvalue weighted by Gasteiger charge is 2.18. The van der Waals surface area contributed by atoms with Gasteiger partial charge < -0.3 is 20.4 Å². The second-order valence-electron chi connectivity index (χ2n) is 8.04. The predicted molar refractivity (Wildman–Crippen MR) is 105 cm³/mol. The third-order valence-corrected chi connectivity index (χ3v) is 6.02. The SMILES string of the molecule is CC1CCCCN1CCCNC(=O)NCCCN(C)C1CCCCC1. The van der Waals surface area contributed by atoms with Crippen molar-refractivity contribution in [1.29, 1.82) is 0 Å². The van der Waals surface area contributed by atoms with Crippen LogP contribution in [0.2, 0.25) is 0 Å². The molecule has 0 aromatic carbocycles. The summed E-state index contributed by atoms with van der Waals surface area (Å²) in [5.41, 5.74) is 0. The van der Waals surface area contributed by atoms with E-state index in [0.29, 0.717) is 6.04 Å². The maximum atomic E-state index is 11.9. The lowest BCUT2D eigenvalue weighted by Gasteiger charge is -2.33. The van der Waals surface area contributed by atoms with Gasteiger partial charge in [0.15, 0.2) is 0 Å². The number of carbonyl (C=O) groups excluding carboxylic acids is 1. The standard InChI is InChI=1S/C20H40N4O/c1-18-10-6-7-16-24(18)17-9-14-22-20(25)21-13-8-15-23(2)19-11-4-3-5-12-19/h18-19H,3-17H2,1-2H3,(H2,21,22,25). The van der Waals surface area contributed by atoms with Crippen molar-refractivity contribution in [2.24, 2.45) is 0 Å². The zero-order valence-corrected chi connectivity index (χ0v) is 16.6. The second-order valence-corrected chi connectivity index (χ2v) is 8.04. The van der Waals surface area contributed by atoms with Gasteiger partial charge in [-0.05, 0) is 65.6 Å². The Labute approximate surface area is 154 Å². The molecule has 5 nitrogen and oxygen atoms in total. The molecule has 1 atom stereocenters. The van der Waals surface area contributed by atoms with Crippen LogP contribution in [0.3, 0.4) is 0 Å². The Hall–Kier alpha value is -0.810. The normalized spacial score (nSPS) is 22.9. The number of hydrogen-bond acceptors (Lipinski definition) is 3. The summed E-state index contributed by atoms with van der Waals surface area (Å²) in [5, 5.41) is 6.00. The highest BCUT2D eigenvalue weighted by molar-refractivity contribution is 5.73. The summed E-state index contributed by atoms with van der Waals surface area (Å²) in [6, 6.07) is 1.47. The lowest BCUT2D eigenvalue weighted by Crippen LogP contribution is -2.41. The van der Waals surface area contributed by atoms with E-state index in [1.54, 1.807) is 0 Å². The fourth-order valence-electron chi connectivity index (χ4n) is 4.27. The number of nitrogens with one attached hydrogen (secondary N) is 2. The molecular formula is C20H40N4O. The first-order valence-corrected chi connectivity index (χ1v) is 10.6. The number of urea groups is 1. The monoisotopic (exact) mass is 352 g/mol. The number of amides is 2. The Kier molecular flexibility index (Phi) is 9.63. The number of hydrogen-bond donors (Lipinski definition) is 2. The van der Waals surface area contributed by atoms with Gasteiger partial charge in [0.1, 0.15) is 0 Å². The fraction of sp³-hybridized carbons (Fsp3) is 0.950. The molecule has 5 heteroatoms. The van der Waals surface area contributed by atoms with Crippen molar-refractivity contribution in [2.75, 3.05) is 39.8 Å². The molecule has 0 spiro atoms. The van der Waals surface area contributed by atoms with Gasteiger partial charge in [0.2, 0.25) is 0 Å². The molecule has 2 fully saturated rings. The van der Waals surface area contributed by atoms with Crippen LogP contribution in [0.15, 0.2) is 0 Å². The van der Waals surface area contributed by atoms with Gasteiger partial charge in [-0.3, -0.25) is 0 Å². The minimum atomic E-state index is -0.00740. The average Bonchev–Trinajstić information content (AvgIpc) is 2.64. The molecular weight excluding hydrogens is 312 g/mol. The fourth-order valence-corrected chi connectivity index (χ4v) is 4.27. The Bertz CT molecular complexity index is 371. The van der Waals surface area contributed by atoms with Crippen molar-refractivity contribution in [3.05, 3.63) is 0 Å². The molecule has 1 saturated carbocycles. The molecule has 0 aromatic rings. The second kappa shape index (κ2) is 11.7. The first-order valence-electron chi connectivity index (χ1n) is 10.6. The number of rotatable bonds is 9. The highest BCUT2D eigenvalue weighted by Crippen LogP contribution is 2.21. The molecule has 1 unspecified atom stereocenters. The van der Waals surface area contributed by atoms with E-state index in [-0.39, 0.29) is 6.03 Å². The van der Waals surface area contributed by atoms with Crippen LogP contribution in [0.5, 0.6) is 0 Å². The van der Waals surface area contributed by atoms with Crippen LogP contribution < -0.4 is 10.6 Å². The molecule has 0 aromatic heterocycles. The van der Waals surface area contributed by atoms with Gasteiger partial charge in [0.05, 0.1) is 0 Å². The molecule has 25 heavy (non-hydrogen) atoms. The lowest BCUT2D eigenvalue weighted by atomic mass is 9.94. The molecule has 2 amide bonds. The van der Waals surface area contributed by atoms with E-state index in [1.165, 1.54) is 57.9 Å². The lowest BCUT2D eigenvalue weighted by molar-refractivity contribution is 0.159. The van der Waals surface area contributed by atoms with Crippen molar-refractivity contribution in [1.82, 2.24) is 20.4 Å². The first kappa shape index (κ1) is 20.5. The zero-order valence-electron chi connectivity index (χ0n) is 16.6. The largest absolute Gasteiger partial charge is 0.338 e. The van der Waals surface area contributed by atoms with Crippen molar-refractivity contribution in [3.63, 3.8) is 0 Å². The van der Waals surface area contributed by atoms with Crippen LogP contribution >= 0.6 is 0 Å². The summed E-state index contributed by atoms with van der Waals surface area (Å²) in [7, 11) is 2.23. The van der Waals surface area contributed by atoms with Gasteiger partial charge in [0, 0.05) is 31.7 Å². The van der Waals surface area contributed by atoms with Gasteiger partial charge in [-0.2, -0.15) is 0 Å². The predicted octanol–water partition coefficient (Wildman–Crippen LogP) is 3.20. The summed E-state index contributed by atoms with van der Waals surface area (Å²) in [6.45, 7) is 7.28. The van der Waals surface area contributed by atoms with E-state index >= 15 is 0 Å². The van der Waals surface area contributed by atoms with Crippen LogP contribution in [0.25, 0.3) is 0 Å². The van der Waals surface area contributed by atoms with Crippen molar-refractivity contribution < 1.29 is 4.79 Å². The average molecular weight is 353 g/mol. The van der Waals surface area contributed by atoms with Gasteiger partial charge >= 0.3 is 6.03 Å². The highest BCUT2D eigenvalue weighted by atomic mass is 16.2. The van der Waals surface area contributed by atoms with E-state index in [9.17, 15) is 4.79 Å². The van der Waals surface area contributed by atoms with Crippen LogP contribution in [0.4, 0.5) is 4.79 Å². The maximum Gasteiger partial charge on any atom is 0.314 e. The summed E-state index contributed by atoms with van der Waals surface area (Å²) in [6.07, 6.45) is 13.0. The number of nitrogens with zero attached hydrogens (tertiary/aromatic N) is 2. The van der Waals surface area contributed by atoms with E-state index in [1.807, 2.05) is 0 Å². The van der Waals surface area contributed by atoms with Crippen molar-refractivity contribution >= 4 is 6.03 Å². The third-order valence-electron chi connectivity index (χ3n) is 6.02. The summed E-state index contributed by atoms with van der Waals surface area (Å²) < 4.78 is 0. The Morgan fingerprint density at radius 1 is 1.00 bits per heavy atom.